The molecule has 1 aliphatic heterocycles. The van der Waals surface area contributed by atoms with E-state index in [1.54, 1.807) is 20.3 Å². The summed E-state index contributed by atoms with van der Waals surface area (Å²) >= 11 is 0. The first kappa shape index (κ1) is 26.1. The van der Waals surface area contributed by atoms with Crippen molar-refractivity contribution in [3.63, 3.8) is 0 Å². The van der Waals surface area contributed by atoms with Crippen molar-refractivity contribution >= 4 is 0 Å². The van der Waals surface area contributed by atoms with Gasteiger partial charge in [0.2, 0.25) is 0 Å². The lowest BCUT2D eigenvalue weighted by molar-refractivity contribution is 0.0569. The molecule has 0 aliphatic carbocycles. The zero-order valence-corrected chi connectivity index (χ0v) is 21.6. The molecule has 1 aliphatic rings. The summed E-state index contributed by atoms with van der Waals surface area (Å²) in [6.45, 7) is 5.23. The molecule has 1 saturated heterocycles. The number of ether oxygens (including phenoxy) is 2. The van der Waals surface area contributed by atoms with Gasteiger partial charge in [-0.15, -0.1) is 0 Å². The van der Waals surface area contributed by atoms with Crippen LogP contribution in [0, 0.1) is 5.92 Å². The van der Waals surface area contributed by atoms with E-state index in [9.17, 15) is 5.11 Å². The number of likely N-dealkylation sites (tertiary alicyclic amines) is 1. The van der Waals surface area contributed by atoms with Gasteiger partial charge in [0.05, 0.1) is 13.7 Å². The number of aromatic hydroxyl groups is 1. The molecule has 3 aromatic rings. The zero-order chi connectivity index (χ0) is 25.2. The number of hydrogen-bond donors (Lipinski definition) is 1. The van der Waals surface area contributed by atoms with E-state index in [4.69, 9.17) is 9.47 Å². The number of rotatable bonds is 12. The molecule has 1 aromatic heterocycles. The van der Waals surface area contributed by atoms with Crippen molar-refractivity contribution in [3.8, 4) is 11.5 Å². The summed E-state index contributed by atoms with van der Waals surface area (Å²) in [4.78, 5) is 9.40. The van der Waals surface area contributed by atoms with Gasteiger partial charge in [0, 0.05) is 50.7 Å². The monoisotopic (exact) mass is 489 g/mol. The van der Waals surface area contributed by atoms with Gasteiger partial charge in [-0.1, -0.05) is 48.5 Å². The first-order chi connectivity index (χ1) is 17.7. The van der Waals surface area contributed by atoms with Crippen LogP contribution in [0.15, 0.2) is 73.1 Å². The summed E-state index contributed by atoms with van der Waals surface area (Å²) in [6, 6.07) is 21.2. The minimum absolute atomic E-state index is 0.256. The number of methoxy groups -OCH3 is 2. The highest BCUT2D eigenvalue weighted by molar-refractivity contribution is 5.45. The molecule has 0 unspecified atom stereocenters. The maximum absolute atomic E-state index is 10.5. The summed E-state index contributed by atoms with van der Waals surface area (Å²) in [5, 5.41) is 10.5. The third-order valence-corrected chi connectivity index (χ3v) is 7.32. The number of pyridine rings is 1. The van der Waals surface area contributed by atoms with Crippen LogP contribution in [0.1, 0.15) is 29.5 Å². The first-order valence-electron chi connectivity index (χ1n) is 12.9. The van der Waals surface area contributed by atoms with Gasteiger partial charge in [0.25, 0.3) is 0 Å². The Labute approximate surface area is 215 Å². The number of aromatic nitrogens is 1. The molecular formula is C30H39N3O3. The van der Waals surface area contributed by atoms with Crippen molar-refractivity contribution in [2.24, 2.45) is 5.92 Å². The van der Waals surface area contributed by atoms with Gasteiger partial charge < -0.3 is 14.6 Å². The average Bonchev–Trinajstić information content (AvgIpc) is 2.93. The maximum atomic E-state index is 10.5. The normalized spacial score (nSPS) is 15.8. The summed E-state index contributed by atoms with van der Waals surface area (Å²) in [6.07, 6.45) is 7.08. The fourth-order valence-electron chi connectivity index (χ4n) is 5.34. The lowest BCUT2D eigenvalue weighted by atomic mass is 9.84. The second kappa shape index (κ2) is 13.4. The Morgan fingerprint density at radius 1 is 1.00 bits per heavy atom. The molecule has 0 saturated carbocycles. The van der Waals surface area contributed by atoms with E-state index >= 15 is 0 Å². The maximum Gasteiger partial charge on any atom is 0.162 e. The number of hydrogen-bond acceptors (Lipinski definition) is 6. The Hall–Kier alpha value is -2.93. The molecule has 4 rings (SSSR count). The third kappa shape index (κ3) is 7.06. The van der Waals surface area contributed by atoms with E-state index in [0.29, 0.717) is 24.3 Å². The quantitative estimate of drug-likeness (QED) is 0.396. The van der Waals surface area contributed by atoms with Gasteiger partial charge in [0.15, 0.2) is 11.5 Å². The molecule has 36 heavy (non-hydrogen) atoms. The summed E-state index contributed by atoms with van der Waals surface area (Å²) in [5.41, 5.74) is 3.53. The number of benzene rings is 2. The molecule has 1 N–H and O–H groups in total. The second-order valence-corrected chi connectivity index (χ2v) is 9.66. The Morgan fingerprint density at radius 3 is 2.47 bits per heavy atom. The third-order valence-electron chi connectivity index (χ3n) is 7.32. The van der Waals surface area contributed by atoms with E-state index < -0.39 is 0 Å². The Balaban J connectivity index is 1.48. The van der Waals surface area contributed by atoms with Gasteiger partial charge in [-0.2, -0.15) is 0 Å². The molecule has 0 radical (unpaired) electrons. The van der Waals surface area contributed by atoms with Gasteiger partial charge in [-0.3, -0.25) is 14.8 Å². The largest absolute Gasteiger partial charge is 0.504 e. The van der Waals surface area contributed by atoms with Gasteiger partial charge in [0.1, 0.15) is 0 Å². The van der Waals surface area contributed by atoms with Crippen LogP contribution in [-0.4, -0.2) is 66.4 Å². The van der Waals surface area contributed by atoms with E-state index in [2.05, 4.69) is 51.2 Å². The number of piperidine rings is 1. The van der Waals surface area contributed by atoms with E-state index in [0.717, 1.165) is 57.5 Å². The Kier molecular flexibility index (Phi) is 9.73. The molecule has 192 valence electrons. The lowest BCUT2D eigenvalue weighted by Crippen LogP contribution is -2.47. The van der Waals surface area contributed by atoms with Crippen molar-refractivity contribution in [2.75, 3.05) is 40.5 Å². The van der Waals surface area contributed by atoms with Crippen LogP contribution in [0.4, 0.5) is 0 Å². The first-order valence-corrected chi connectivity index (χ1v) is 12.9. The van der Waals surface area contributed by atoms with E-state index in [1.165, 1.54) is 11.1 Å². The highest BCUT2D eigenvalue weighted by Gasteiger charge is 2.31. The van der Waals surface area contributed by atoms with Crippen molar-refractivity contribution < 1.29 is 14.6 Å². The standard InChI is InChI=1S/C30H39N3O3/c1-35-19-18-33(22-25-10-7-15-31-21-25)28(20-24-8-4-3-5-9-24)26-13-16-32(17-14-26)23-27-11-6-12-29(36-2)30(27)34/h3-12,15,21,26,28,34H,13-14,16-20,22-23H2,1-2H3/t28-/m1/s1. The lowest BCUT2D eigenvalue weighted by Gasteiger charge is -2.41. The van der Waals surface area contributed by atoms with Crippen LogP contribution in [0.3, 0.4) is 0 Å². The number of nitrogens with zero attached hydrogens (tertiary/aromatic N) is 3. The molecule has 1 fully saturated rings. The number of phenols is 1. The molecule has 6 nitrogen and oxygen atoms in total. The summed E-state index contributed by atoms with van der Waals surface area (Å²) in [7, 11) is 3.37. The van der Waals surface area contributed by atoms with E-state index in [-0.39, 0.29) is 5.75 Å². The smallest absolute Gasteiger partial charge is 0.162 e. The minimum Gasteiger partial charge on any atom is -0.504 e. The van der Waals surface area contributed by atoms with Crippen molar-refractivity contribution in [1.82, 2.24) is 14.8 Å². The SMILES string of the molecule is COCCN(Cc1cccnc1)[C@H](Cc1ccccc1)C1CCN(Cc2cccc(OC)c2O)CC1. The predicted molar refractivity (Wildman–Crippen MR) is 143 cm³/mol. The average molecular weight is 490 g/mol. The highest BCUT2D eigenvalue weighted by Crippen LogP contribution is 2.33. The number of phenolic OH excluding ortho intramolecular Hbond substituents is 1. The summed E-state index contributed by atoms with van der Waals surface area (Å²) < 4.78 is 10.8. The molecule has 0 bridgehead atoms. The van der Waals surface area contributed by atoms with Crippen LogP contribution in [0.25, 0.3) is 0 Å². The molecule has 6 heteroatoms. The Bertz CT molecular complexity index is 1040. The van der Waals surface area contributed by atoms with E-state index in [1.807, 2.05) is 30.6 Å². The fourth-order valence-corrected chi connectivity index (χ4v) is 5.34. The predicted octanol–water partition coefficient (Wildman–Crippen LogP) is 4.77. The minimum atomic E-state index is 0.256. The topological polar surface area (TPSA) is 58.1 Å². The summed E-state index contributed by atoms with van der Waals surface area (Å²) in [5.74, 6) is 1.37. The number of para-hydroxylation sites is 1. The molecule has 0 amide bonds. The van der Waals surface area contributed by atoms with Crippen LogP contribution in [0.2, 0.25) is 0 Å². The van der Waals surface area contributed by atoms with Crippen molar-refractivity contribution in [2.45, 2.75) is 38.4 Å². The van der Waals surface area contributed by atoms with Crippen LogP contribution < -0.4 is 4.74 Å². The fraction of sp³-hybridized carbons (Fsp3) is 0.433. The second-order valence-electron chi connectivity index (χ2n) is 9.66. The molecule has 2 aromatic carbocycles. The van der Waals surface area contributed by atoms with Crippen LogP contribution >= 0.6 is 0 Å². The highest BCUT2D eigenvalue weighted by atomic mass is 16.5. The molecule has 1 atom stereocenters. The van der Waals surface area contributed by atoms with Gasteiger partial charge in [-0.25, -0.2) is 0 Å². The molecule has 2 heterocycles. The van der Waals surface area contributed by atoms with Gasteiger partial charge >= 0.3 is 0 Å². The Morgan fingerprint density at radius 2 is 1.78 bits per heavy atom. The molecule has 0 spiro atoms. The van der Waals surface area contributed by atoms with Crippen molar-refractivity contribution in [1.29, 1.82) is 0 Å². The van der Waals surface area contributed by atoms with Crippen LogP contribution in [-0.2, 0) is 24.2 Å². The van der Waals surface area contributed by atoms with Crippen LogP contribution in [0.5, 0.6) is 11.5 Å². The zero-order valence-electron chi connectivity index (χ0n) is 21.6. The molecular weight excluding hydrogens is 450 g/mol. The van der Waals surface area contributed by atoms with Gasteiger partial charge in [-0.05, 0) is 61.5 Å². The van der Waals surface area contributed by atoms with Crippen molar-refractivity contribution in [3.05, 3.63) is 89.7 Å².